The topological polar surface area (TPSA) is 35.8 Å². The number of anilines is 1. The monoisotopic (exact) mass is 232 g/mol. The Morgan fingerprint density at radius 2 is 2.25 bits per heavy atom. The SMILES string of the molecule is CSc1cccc(NCC2(C)CC2)c1C#N. The zero-order chi connectivity index (χ0) is 11.6. The lowest BCUT2D eigenvalue weighted by molar-refractivity contribution is 0.610. The minimum atomic E-state index is 0.460. The van der Waals surface area contributed by atoms with Crippen LogP contribution in [0.2, 0.25) is 0 Å². The van der Waals surface area contributed by atoms with Gasteiger partial charge in [-0.2, -0.15) is 5.26 Å². The van der Waals surface area contributed by atoms with Crippen LogP contribution in [0, 0.1) is 16.7 Å². The van der Waals surface area contributed by atoms with E-state index in [0.29, 0.717) is 5.41 Å². The third-order valence-electron chi connectivity index (χ3n) is 3.17. The highest BCUT2D eigenvalue weighted by Gasteiger charge is 2.36. The van der Waals surface area contributed by atoms with Crippen LogP contribution in [0.15, 0.2) is 23.1 Å². The van der Waals surface area contributed by atoms with Crippen molar-refractivity contribution in [2.45, 2.75) is 24.7 Å². The largest absolute Gasteiger partial charge is 0.383 e. The van der Waals surface area contributed by atoms with Gasteiger partial charge in [-0.3, -0.25) is 0 Å². The first-order chi connectivity index (χ1) is 7.68. The molecular formula is C13H16N2S. The van der Waals surface area contributed by atoms with Gasteiger partial charge < -0.3 is 5.32 Å². The van der Waals surface area contributed by atoms with Crippen LogP contribution >= 0.6 is 11.8 Å². The van der Waals surface area contributed by atoms with Crippen molar-refractivity contribution in [2.24, 2.45) is 5.41 Å². The van der Waals surface area contributed by atoms with Crippen LogP contribution in [-0.4, -0.2) is 12.8 Å². The highest BCUT2D eigenvalue weighted by Crippen LogP contribution is 2.45. The maximum absolute atomic E-state index is 9.17. The summed E-state index contributed by atoms with van der Waals surface area (Å²) in [6, 6.07) is 8.28. The third kappa shape index (κ3) is 2.33. The summed E-state index contributed by atoms with van der Waals surface area (Å²) in [7, 11) is 0. The Balaban J connectivity index is 2.16. The van der Waals surface area contributed by atoms with Crippen LogP contribution in [0.25, 0.3) is 0 Å². The summed E-state index contributed by atoms with van der Waals surface area (Å²) in [6.07, 6.45) is 4.59. The summed E-state index contributed by atoms with van der Waals surface area (Å²) in [6.45, 7) is 3.25. The molecule has 1 saturated carbocycles. The zero-order valence-corrected chi connectivity index (χ0v) is 10.5. The maximum atomic E-state index is 9.17. The van der Waals surface area contributed by atoms with E-state index in [2.05, 4.69) is 18.3 Å². The molecule has 1 N–H and O–H groups in total. The first kappa shape index (κ1) is 11.3. The predicted octanol–water partition coefficient (Wildman–Crippen LogP) is 3.49. The molecule has 0 bridgehead atoms. The van der Waals surface area contributed by atoms with Gasteiger partial charge in [0.1, 0.15) is 6.07 Å². The fraction of sp³-hybridized carbons (Fsp3) is 0.462. The van der Waals surface area contributed by atoms with Gasteiger partial charge in [0.05, 0.1) is 11.3 Å². The predicted molar refractivity (Wildman–Crippen MR) is 68.8 cm³/mol. The van der Waals surface area contributed by atoms with Gasteiger partial charge >= 0.3 is 0 Å². The van der Waals surface area contributed by atoms with Crippen molar-refractivity contribution in [1.29, 1.82) is 5.26 Å². The molecule has 1 aliphatic carbocycles. The van der Waals surface area contributed by atoms with Gasteiger partial charge in [-0.25, -0.2) is 0 Å². The smallest absolute Gasteiger partial charge is 0.102 e. The molecule has 0 saturated heterocycles. The Labute approximate surface area is 101 Å². The summed E-state index contributed by atoms with van der Waals surface area (Å²) in [5.74, 6) is 0. The molecule has 0 heterocycles. The van der Waals surface area contributed by atoms with Gasteiger partial charge in [0.2, 0.25) is 0 Å². The molecule has 0 unspecified atom stereocenters. The number of hydrogen-bond donors (Lipinski definition) is 1. The average Bonchev–Trinajstić information content (AvgIpc) is 3.04. The number of benzene rings is 1. The van der Waals surface area contributed by atoms with Crippen molar-refractivity contribution in [3.8, 4) is 6.07 Å². The summed E-state index contributed by atoms with van der Waals surface area (Å²) < 4.78 is 0. The Hall–Kier alpha value is -1.14. The standard InChI is InChI=1S/C13H16N2S/c1-13(6-7-13)9-15-11-4-3-5-12(16-2)10(11)8-14/h3-5,15H,6-7,9H2,1-2H3. The molecule has 0 aromatic heterocycles. The number of rotatable bonds is 4. The molecule has 2 nitrogen and oxygen atoms in total. The van der Waals surface area contributed by atoms with E-state index in [9.17, 15) is 5.26 Å². The molecule has 0 radical (unpaired) electrons. The summed E-state index contributed by atoms with van der Waals surface area (Å²) in [5, 5.41) is 12.6. The quantitative estimate of drug-likeness (QED) is 0.807. The number of nitrogens with zero attached hydrogens (tertiary/aromatic N) is 1. The van der Waals surface area contributed by atoms with Crippen molar-refractivity contribution in [3.63, 3.8) is 0 Å². The minimum absolute atomic E-state index is 0.460. The van der Waals surface area contributed by atoms with Crippen LogP contribution in [-0.2, 0) is 0 Å². The maximum Gasteiger partial charge on any atom is 0.102 e. The van der Waals surface area contributed by atoms with Gasteiger partial charge in [0.15, 0.2) is 0 Å². The van der Waals surface area contributed by atoms with E-state index < -0.39 is 0 Å². The van der Waals surface area contributed by atoms with E-state index in [4.69, 9.17) is 0 Å². The molecule has 1 aromatic carbocycles. The fourth-order valence-corrected chi connectivity index (χ4v) is 2.24. The van der Waals surface area contributed by atoms with E-state index >= 15 is 0 Å². The van der Waals surface area contributed by atoms with E-state index in [0.717, 1.165) is 22.7 Å². The lowest BCUT2D eigenvalue weighted by atomic mass is 10.1. The molecule has 0 spiro atoms. The number of nitrogens with one attached hydrogen (secondary N) is 1. The Kier molecular flexibility index (Phi) is 3.11. The Morgan fingerprint density at radius 1 is 1.50 bits per heavy atom. The lowest BCUT2D eigenvalue weighted by Crippen LogP contribution is -2.12. The number of thioether (sulfide) groups is 1. The lowest BCUT2D eigenvalue weighted by Gasteiger charge is -2.13. The molecule has 3 heteroatoms. The summed E-state index contributed by atoms with van der Waals surface area (Å²) in [5.41, 5.74) is 2.21. The number of nitriles is 1. The van der Waals surface area contributed by atoms with Crippen LogP contribution in [0.5, 0.6) is 0 Å². The first-order valence-electron chi connectivity index (χ1n) is 5.49. The van der Waals surface area contributed by atoms with Crippen molar-refractivity contribution >= 4 is 17.4 Å². The molecule has 1 aliphatic rings. The molecular weight excluding hydrogens is 216 g/mol. The van der Waals surface area contributed by atoms with Crippen molar-refractivity contribution in [2.75, 3.05) is 18.1 Å². The van der Waals surface area contributed by atoms with Gasteiger partial charge in [-0.1, -0.05) is 13.0 Å². The van der Waals surface area contributed by atoms with Crippen LogP contribution in [0.3, 0.4) is 0 Å². The molecule has 2 rings (SSSR count). The average molecular weight is 232 g/mol. The second-order valence-corrected chi connectivity index (χ2v) is 5.51. The Morgan fingerprint density at radius 3 is 2.81 bits per heavy atom. The van der Waals surface area contributed by atoms with Crippen molar-refractivity contribution < 1.29 is 0 Å². The van der Waals surface area contributed by atoms with Crippen LogP contribution < -0.4 is 5.32 Å². The third-order valence-corrected chi connectivity index (χ3v) is 3.95. The van der Waals surface area contributed by atoms with E-state index in [1.807, 2.05) is 24.5 Å². The second kappa shape index (κ2) is 4.39. The highest BCUT2D eigenvalue weighted by atomic mass is 32.2. The van der Waals surface area contributed by atoms with Crippen molar-refractivity contribution in [1.82, 2.24) is 0 Å². The second-order valence-electron chi connectivity index (χ2n) is 4.66. The van der Waals surface area contributed by atoms with Crippen LogP contribution in [0.1, 0.15) is 25.3 Å². The highest BCUT2D eigenvalue weighted by molar-refractivity contribution is 7.98. The first-order valence-corrected chi connectivity index (χ1v) is 6.72. The molecule has 1 aromatic rings. The normalized spacial score (nSPS) is 16.6. The molecule has 1 fully saturated rings. The van der Waals surface area contributed by atoms with Gasteiger partial charge in [0, 0.05) is 11.4 Å². The number of hydrogen-bond acceptors (Lipinski definition) is 3. The van der Waals surface area contributed by atoms with Gasteiger partial charge in [-0.05, 0) is 36.6 Å². The Bertz CT molecular complexity index is 430. The minimum Gasteiger partial charge on any atom is -0.383 e. The molecule has 16 heavy (non-hydrogen) atoms. The van der Waals surface area contributed by atoms with Crippen LogP contribution in [0.4, 0.5) is 5.69 Å². The molecule has 0 atom stereocenters. The molecule has 84 valence electrons. The van der Waals surface area contributed by atoms with Gasteiger partial charge in [-0.15, -0.1) is 11.8 Å². The zero-order valence-electron chi connectivity index (χ0n) is 9.71. The summed E-state index contributed by atoms with van der Waals surface area (Å²) >= 11 is 1.62. The van der Waals surface area contributed by atoms with E-state index in [1.54, 1.807) is 11.8 Å². The molecule has 0 aliphatic heterocycles. The van der Waals surface area contributed by atoms with Crippen molar-refractivity contribution in [3.05, 3.63) is 23.8 Å². The van der Waals surface area contributed by atoms with E-state index in [-0.39, 0.29) is 0 Å². The van der Waals surface area contributed by atoms with Gasteiger partial charge in [0.25, 0.3) is 0 Å². The summed E-state index contributed by atoms with van der Waals surface area (Å²) in [4.78, 5) is 1.05. The van der Waals surface area contributed by atoms with E-state index in [1.165, 1.54) is 12.8 Å². The fourth-order valence-electron chi connectivity index (χ4n) is 1.66. The molecule has 0 amide bonds.